The van der Waals surface area contributed by atoms with E-state index in [9.17, 15) is 4.79 Å². The lowest BCUT2D eigenvalue weighted by atomic mass is 10.1. The number of fused-ring (bicyclic) bond motifs is 1. The lowest BCUT2D eigenvalue weighted by Gasteiger charge is -1.93. The van der Waals surface area contributed by atoms with Crippen molar-refractivity contribution >= 4 is 22.9 Å². The lowest BCUT2D eigenvalue weighted by molar-refractivity contribution is 0.112. The molecule has 1 aromatic heterocycles. The highest BCUT2D eigenvalue weighted by molar-refractivity contribution is 6.00. The second-order valence-corrected chi connectivity index (χ2v) is 3.29. The van der Waals surface area contributed by atoms with E-state index < -0.39 is 0 Å². The predicted molar refractivity (Wildman–Crippen MR) is 57.5 cm³/mol. The van der Waals surface area contributed by atoms with Crippen molar-refractivity contribution in [1.82, 2.24) is 4.98 Å². The van der Waals surface area contributed by atoms with Gasteiger partial charge < -0.3 is 10.7 Å². The minimum Gasteiger partial charge on any atom is -0.399 e. The molecular weight excluding hydrogens is 176 g/mol. The molecule has 0 spiro atoms. The van der Waals surface area contributed by atoms with Crippen LogP contribution in [0.4, 0.5) is 5.69 Å². The van der Waals surface area contributed by atoms with Crippen molar-refractivity contribution < 1.29 is 4.79 Å². The second-order valence-electron chi connectivity index (χ2n) is 3.29. The first-order valence-electron chi connectivity index (χ1n) is 4.61. The van der Waals surface area contributed by atoms with Crippen LogP contribution in [0, 0.1) is 0 Å². The van der Waals surface area contributed by atoms with Gasteiger partial charge in [-0.15, -0.1) is 0 Å². The summed E-state index contributed by atoms with van der Waals surface area (Å²) in [5.74, 6) is 0. The highest BCUT2D eigenvalue weighted by Crippen LogP contribution is 2.23. The summed E-state index contributed by atoms with van der Waals surface area (Å²) < 4.78 is 0. The van der Waals surface area contributed by atoms with Crippen LogP contribution in [0.3, 0.4) is 0 Å². The van der Waals surface area contributed by atoms with Crippen LogP contribution >= 0.6 is 0 Å². The van der Waals surface area contributed by atoms with E-state index in [1.54, 1.807) is 0 Å². The van der Waals surface area contributed by atoms with Gasteiger partial charge in [-0.2, -0.15) is 0 Å². The molecule has 0 aliphatic heterocycles. The van der Waals surface area contributed by atoms with E-state index in [0.29, 0.717) is 5.69 Å². The van der Waals surface area contributed by atoms with Crippen LogP contribution in [0.25, 0.3) is 10.9 Å². The van der Waals surface area contributed by atoms with Gasteiger partial charge in [0.05, 0.1) is 0 Å². The number of H-pyrrole nitrogens is 1. The Morgan fingerprint density at radius 1 is 1.50 bits per heavy atom. The highest BCUT2D eigenvalue weighted by atomic mass is 16.1. The van der Waals surface area contributed by atoms with Crippen LogP contribution in [0.2, 0.25) is 0 Å². The number of aromatic amines is 1. The molecule has 0 unspecified atom stereocenters. The number of anilines is 1. The third-order valence-electron chi connectivity index (χ3n) is 2.42. The lowest BCUT2D eigenvalue weighted by Crippen LogP contribution is -1.87. The van der Waals surface area contributed by atoms with E-state index >= 15 is 0 Å². The fraction of sp³-hybridized carbons (Fsp3) is 0.182. The predicted octanol–water partition coefficient (Wildman–Crippen LogP) is 2.12. The fourth-order valence-electron chi connectivity index (χ4n) is 1.70. The zero-order chi connectivity index (χ0) is 10.1. The van der Waals surface area contributed by atoms with Gasteiger partial charge in [0.1, 0.15) is 0 Å². The minimum absolute atomic E-state index is 0.683. The molecule has 0 aliphatic rings. The smallest absolute Gasteiger partial charge is 0.152 e. The summed E-state index contributed by atoms with van der Waals surface area (Å²) in [5, 5.41) is 0.914. The van der Waals surface area contributed by atoms with Gasteiger partial charge in [0.25, 0.3) is 0 Å². The summed E-state index contributed by atoms with van der Waals surface area (Å²) in [4.78, 5) is 14.1. The first kappa shape index (κ1) is 8.81. The number of nitrogens with two attached hydrogens (primary N) is 1. The average Bonchev–Trinajstić information content (AvgIpc) is 2.54. The molecule has 0 aliphatic carbocycles. The first-order chi connectivity index (χ1) is 6.76. The zero-order valence-electron chi connectivity index (χ0n) is 8.00. The third kappa shape index (κ3) is 1.18. The molecule has 0 bridgehead atoms. The summed E-state index contributed by atoms with van der Waals surface area (Å²) in [6.07, 6.45) is 1.71. The van der Waals surface area contributed by atoms with Crippen LogP contribution in [-0.2, 0) is 6.42 Å². The normalized spacial score (nSPS) is 10.6. The minimum atomic E-state index is 0.683. The number of aldehydes is 1. The molecule has 2 rings (SSSR count). The van der Waals surface area contributed by atoms with E-state index in [2.05, 4.69) is 4.98 Å². The molecule has 0 fully saturated rings. The number of hydrogen-bond acceptors (Lipinski definition) is 2. The molecule has 1 heterocycles. The monoisotopic (exact) mass is 188 g/mol. The number of nitrogen functional groups attached to an aromatic ring is 1. The molecule has 3 N–H and O–H groups in total. The number of benzene rings is 1. The number of carbonyl (C=O) groups excluding carboxylic acids is 1. The molecule has 0 saturated heterocycles. The van der Waals surface area contributed by atoms with Crippen LogP contribution in [0.15, 0.2) is 18.2 Å². The summed E-state index contributed by atoms with van der Waals surface area (Å²) in [6.45, 7) is 2.01. The number of aryl methyl sites for hydroxylation is 1. The van der Waals surface area contributed by atoms with Crippen LogP contribution in [-0.4, -0.2) is 11.3 Å². The van der Waals surface area contributed by atoms with Crippen molar-refractivity contribution in [1.29, 1.82) is 0 Å². The van der Waals surface area contributed by atoms with Crippen molar-refractivity contribution in [3.8, 4) is 0 Å². The summed E-state index contributed by atoms with van der Waals surface area (Å²) in [7, 11) is 0. The Morgan fingerprint density at radius 2 is 2.29 bits per heavy atom. The standard InChI is InChI=1S/C11H12N2O/c1-2-10-9(6-14)8-5-7(12)3-4-11(8)13-10/h3-6,13H,2,12H2,1H3. The largest absolute Gasteiger partial charge is 0.399 e. The maximum Gasteiger partial charge on any atom is 0.152 e. The van der Waals surface area contributed by atoms with Crippen molar-refractivity contribution in [3.63, 3.8) is 0 Å². The van der Waals surface area contributed by atoms with Gasteiger partial charge in [0, 0.05) is 27.8 Å². The van der Waals surface area contributed by atoms with Crippen LogP contribution < -0.4 is 5.73 Å². The van der Waals surface area contributed by atoms with Gasteiger partial charge in [0.2, 0.25) is 0 Å². The van der Waals surface area contributed by atoms with E-state index in [4.69, 9.17) is 5.73 Å². The number of rotatable bonds is 2. The first-order valence-corrected chi connectivity index (χ1v) is 4.61. The van der Waals surface area contributed by atoms with Crippen molar-refractivity contribution in [2.75, 3.05) is 5.73 Å². The van der Waals surface area contributed by atoms with Gasteiger partial charge in [-0.1, -0.05) is 6.92 Å². The Kier molecular flexibility index (Phi) is 2.00. The van der Waals surface area contributed by atoms with E-state index in [-0.39, 0.29) is 0 Å². The van der Waals surface area contributed by atoms with Gasteiger partial charge in [-0.25, -0.2) is 0 Å². The van der Waals surface area contributed by atoms with E-state index in [1.807, 2.05) is 25.1 Å². The Hall–Kier alpha value is -1.77. The highest BCUT2D eigenvalue weighted by Gasteiger charge is 2.08. The van der Waals surface area contributed by atoms with Gasteiger partial charge in [-0.05, 0) is 24.6 Å². The second kappa shape index (κ2) is 3.18. The van der Waals surface area contributed by atoms with Gasteiger partial charge >= 0.3 is 0 Å². The Balaban J connectivity index is 2.81. The topological polar surface area (TPSA) is 58.9 Å². The zero-order valence-corrected chi connectivity index (χ0v) is 8.00. The molecular formula is C11H12N2O. The molecule has 3 heteroatoms. The van der Waals surface area contributed by atoms with Crippen LogP contribution in [0.5, 0.6) is 0 Å². The molecule has 2 aromatic rings. The molecule has 0 atom stereocenters. The molecule has 3 nitrogen and oxygen atoms in total. The number of aromatic nitrogens is 1. The van der Waals surface area contributed by atoms with Gasteiger partial charge in [-0.3, -0.25) is 4.79 Å². The number of carbonyl (C=O) groups is 1. The molecule has 1 aromatic carbocycles. The molecule has 0 radical (unpaired) electrons. The quantitative estimate of drug-likeness (QED) is 0.560. The average molecular weight is 188 g/mol. The van der Waals surface area contributed by atoms with Crippen molar-refractivity contribution in [3.05, 3.63) is 29.5 Å². The molecule has 72 valence electrons. The maximum absolute atomic E-state index is 10.9. The third-order valence-corrected chi connectivity index (χ3v) is 2.42. The molecule has 14 heavy (non-hydrogen) atoms. The maximum atomic E-state index is 10.9. The Bertz CT molecular complexity index is 485. The summed E-state index contributed by atoms with van der Waals surface area (Å²) >= 11 is 0. The summed E-state index contributed by atoms with van der Waals surface area (Å²) in [5.41, 5.74) is 9.03. The van der Waals surface area contributed by atoms with E-state index in [0.717, 1.165) is 34.9 Å². The molecule has 0 saturated carbocycles. The van der Waals surface area contributed by atoms with Gasteiger partial charge in [0.15, 0.2) is 6.29 Å². The number of hydrogen-bond donors (Lipinski definition) is 2. The SMILES string of the molecule is CCc1[nH]c2ccc(N)cc2c1C=O. The Morgan fingerprint density at radius 3 is 2.93 bits per heavy atom. The van der Waals surface area contributed by atoms with Crippen LogP contribution in [0.1, 0.15) is 23.0 Å². The van der Waals surface area contributed by atoms with Crippen molar-refractivity contribution in [2.24, 2.45) is 0 Å². The van der Waals surface area contributed by atoms with E-state index in [1.165, 1.54) is 0 Å². The molecule has 0 amide bonds. The fourth-order valence-corrected chi connectivity index (χ4v) is 1.70. The summed E-state index contributed by atoms with van der Waals surface area (Å²) in [6, 6.07) is 5.55. The Labute approximate surface area is 81.9 Å². The van der Waals surface area contributed by atoms with Crippen molar-refractivity contribution in [2.45, 2.75) is 13.3 Å². The number of nitrogens with one attached hydrogen (secondary N) is 1.